The number of nitrogens with one attached hydrogen (secondary N) is 1. The summed E-state index contributed by atoms with van der Waals surface area (Å²) in [4.78, 5) is 26.4. The second kappa shape index (κ2) is 9.65. The van der Waals surface area contributed by atoms with Gasteiger partial charge in [-0.1, -0.05) is 26.8 Å². The van der Waals surface area contributed by atoms with Crippen LogP contribution < -0.4 is 10.1 Å². The Morgan fingerprint density at radius 1 is 1.30 bits per heavy atom. The van der Waals surface area contributed by atoms with E-state index in [2.05, 4.69) is 26.1 Å². The number of carbonyl (C=O) groups is 2. The maximum atomic E-state index is 12.6. The molecule has 30 heavy (non-hydrogen) atoms. The number of thiophene rings is 1. The van der Waals surface area contributed by atoms with Gasteiger partial charge in [0, 0.05) is 4.88 Å². The molecule has 1 unspecified atom stereocenters. The third-order valence-electron chi connectivity index (χ3n) is 5.52. The lowest BCUT2D eigenvalue weighted by Gasteiger charge is -2.19. The van der Waals surface area contributed by atoms with E-state index in [9.17, 15) is 9.59 Å². The number of ether oxygens (including phenoxy) is 2. The molecule has 1 aliphatic rings. The zero-order valence-electron chi connectivity index (χ0n) is 18.5. The third kappa shape index (κ3) is 4.86. The molecule has 2 aromatic rings. The van der Waals surface area contributed by atoms with Crippen LogP contribution in [0.2, 0.25) is 0 Å². The average molecular weight is 430 g/mol. The van der Waals surface area contributed by atoms with Crippen molar-refractivity contribution in [3.8, 4) is 5.75 Å². The molecule has 0 saturated heterocycles. The van der Waals surface area contributed by atoms with Crippen LogP contribution in [0.5, 0.6) is 5.75 Å². The highest BCUT2D eigenvalue weighted by atomic mass is 32.1. The average Bonchev–Trinajstić information content (AvgIpc) is 3.05. The van der Waals surface area contributed by atoms with Gasteiger partial charge in [0.2, 0.25) is 0 Å². The molecule has 0 spiro atoms. The number of esters is 1. The smallest absolute Gasteiger partial charge is 0.341 e. The standard InChI is InChI=1S/C24H31NO4S/c1-6-28-24(27)22-21-15(4)8-7-9-19(21)30-23(22)25-20(26)13-29-17-10-11-18(14(2)3)16(5)12-17/h10-12,14-15H,6-9,13H2,1-5H3,(H,25,26). The Hall–Kier alpha value is -2.34. The summed E-state index contributed by atoms with van der Waals surface area (Å²) in [6.07, 6.45) is 3.07. The first-order chi connectivity index (χ1) is 14.3. The maximum Gasteiger partial charge on any atom is 0.341 e. The fourth-order valence-corrected chi connectivity index (χ4v) is 5.47. The molecule has 1 N–H and O–H groups in total. The number of anilines is 1. The molecular weight excluding hydrogens is 398 g/mol. The van der Waals surface area contributed by atoms with Crippen molar-refractivity contribution in [1.29, 1.82) is 0 Å². The van der Waals surface area contributed by atoms with Gasteiger partial charge in [-0.05, 0) is 73.8 Å². The van der Waals surface area contributed by atoms with Gasteiger partial charge in [-0.15, -0.1) is 11.3 Å². The van der Waals surface area contributed by atoms with Crippen LogP contribution in [0.1, 0.15) is 84.3 Å². The number of amides is 1. The van der Waals surface area contributed by atoms with Gasteiger partial charge >= 0.3 is 5.97 Å². The molecule has 3 rings (SSSR count). The lowest BCUT2D eigenvalue weighted by molar-refractivity contribution is -0.118. The largest absolute Gasteiger partial charge is 0.484 e. The highest BCUT2D eigenvalue weighted by Gasteiger charge is 2.30. The Kier molecular flexibility index (Phi) is 7.19. The summed E-state index contributed by atoms with van der Waals surface area (Å²) in [5, 5.41) is 3.47. The summed E-state index contributed by atoms with van der Waals surface area (Å²) in [6.45, 7) is 10.5. The van der Waals surface area contributed by atoms with Crippen LogP contribution in [0.15, 0.2) is 18.2 Å². The van der Waals surface area contributed by atoms with Crippen molar-refractivity contribution >= 4 is 28.2 Å². The Morgan fingerprint density at radius 2 is 2.07 bits per heavy atom. The number of hydrogen-bond donors (Lipinski definition) is 1. The minimum atomic E-state index is -0.361. The van der Waals surface area contributed by atoms with E-state index in [4.69, 9.17) is 9.47 Å². The van der Waals surface area contributed by atoms with Gasteiger partial charge in [0.25, 0.3) is 5.91 Å². The zero-order chi connectivity index (χ0) is 21.8. The molecule has 0 aliphatic heterocycles. The van der Waals surface area contributed by atoms with E-state index in [1.165, 1.54) is 21.8 Å². The van der Waals surface area contributed by atoms with Gasteiger partial charge in [0.15, 0.2) is 6.61 Å². The summed E-state index contributed by atoms with van der Waals surface area (Å²) in [6, 6.07) is 5.89. The molecule has 162 valence electrons. The van der Waals surface area contributed by atoms with Crippen molar-refractivity contribution in [3.05, 3.63) is 45.3 Å². The summed E-state index contributed by atoms with van der Waals surface area (Å²) >= 11 is 1.49. The lowest BCUT2D eigenvalue weighted by atomic mass is 9.86. The molecule has 1 heterocycles. The van der Waals surface area contributed by atoms with Crippen molar-refractivity contribution in [2.24, 2.45) is 0 Å². The first-order valence-corrected chi connectivity index (χ1v) is 11.5. The second-order valence-corrected chi connectivity index (χ2v) is 9.27. The SMILES string of the molecule is CCOC(=O)c1c(NC(=O)COc2ccc(C(C)C)c(C)c2)sc2c1C(C)CCC2. The zero-order valence-corrected chi connectivity index (χ0v) is 19.3. The van der Waals surface area contributed by atoms with E-state index in [1.807, 2.05) is 25.1 Å². The minimum absolute atomic E-state index is 0.110. The molecule has 1 aromatic carbocycles. The number of aryl methyl sites for hydroxylation is 2. The van der Waals surface area contributed by atoms with E-state index in [0.29, 0.717) is 28.8 Å². The molecule has 1 aromatic heterocycles. The number of hydrogen-bond acceptors (Lipinski definition) is 5. The Bertz CT molecular complexity index is 932. The lowest BCUT2D eigenvalue weighted by Crippen LogP contribution is -2.21. The van der Waals surface area contributed by atoms with Gasteiger partial charge in [0.05, 0.1) is 12.2 Å². The number of carbonyl (C=O) groups excluding carboxylic acids is 2. The topological polar surface area (TPSA) is 64.6 Å². The predicted molar refractivity (Wildman–Crippen MR) is 121 cm³/mol. The molecule has 1 amide bonds. The van der Waals surface area contributed by atoms with Gasteiger partial charge in [-0.3, -0.25) is 4.79 Å². The summed E-state index contributed by atoms with van der Waals surface area (Å²) in [5.74, 6) is 0.749. The van der Waals surface area contributed by atoms with Crippen LogP contribution in [-0.2, 0) is 16.0 Å². The fourth-order valence-electron chi connectivity index (χ4n) is 4.10. The highest BCUT2D eigenvalue weighted by molar-refractivity contribution is 7.17. The molecule has 0 saturated carbocycles. The molecule has 6 heteroatoms. The van der Waals surface area contributed by atoms with Crippen molar-refractivity contribution in [1.82, 2.24) is 0 Å². The van der Waals surface area contributed by atoms with Gasteiger partial charge < -0.3 is 14.8 Å². The van der Waals surface area contributed by atoms with Crippen molar-refractivity contribution in [3.63, 3.8) is 0 Å². The highest BCUT2D eigenvalue weighted by Crippen LogP contribution is 2.43. The summed E-state index contributed by atoms with van der Waals surface area (Å²) in [7, 11) is 0. The van der Waals surface area contributed by atoms with E-state index in [1.54, 1.807) is 6.92 Å². The van der Waals surface area contributed by atoms with Crippen LogP contribution in [0, 0.1) is 6.92 Å². The third-order valence-corrected chi connectivity index (χ3v) is 6.70. The molecule has 0 fully saturated rings. The molecule has 0 radical (unpaired) electrons. The second-order valence-electron chi connectivity index (χ2n) is 8.17. The van der Waals surface area contributed by atoms with Crippen LogP contribution in [-0.4, -0.2) is 25.1 Å². The van der Waals surface area contributed by atoms with E-state index >= 15 is 0 Å². The van der Waals surface area contributed by atoms with Crippen LogP contribution >= 0.6 is 11.3 Å². The van der Waals surface area contributed by atoms with Gasteiger partial charge in [-0.25, -0.2) is 4.79 Å². The molecule has 1 aliphatic carbocycles. The first-order valence-electron chi connectivity index (χ1n) is 10.7. The van der Waals surface area contributed by atoms with Gasteiger partial charge in [-0.2, -0.15) is 0 Å². The minimum Gasteiger partial charge on any atom is -0.484 e. The monoisotopic (exact) mass is 429 g/mol. The van der Waals surface area contributed by atoms with Crippen LogP contribution in [0.25, 0.3) is 0 Å². The van der Waals surface area contributed by atoms with Crippen molar-refractivity contribution in [2.75, 3.05) is 18.5 Å². The summed E-state index contributed by atoms with van der Waals surface area (Å²) in [5.41, 5.74) is 3.98. The fraction of sp³-hybridized carbons (Fsp3) is 0.500. The van der Waals surface area contributed by atoms with Gasteiger partial charge in [0.1, 0.15) is 10.8 Å². The Balaban J connectivity index is 1.73. The number of fused-ring (bicyclic) bond motifs is 1. The van der Waals surface area contributed by atoms with Crippen molar-refractivity contribution in [2.45, 2.75) is 65.7 Å². The molecule has 1 atom stereocenters. The molecule has 5 nitrogen and oxygen atoms in total. The van der Waals surface area contributed by atoms with Crippen LogP contribution in [0.3, 0.4) is 0 Å². The van der Waals surface area contributed by atoms with Crippen LogP contribution in [0.4, 0.5) is 5.00 Å². The number of benzene rings is 1. The van der Waals surface area contributed by atoms with E-state index in [-0.39, 0.29) is 24.4 Å². The Morgan fingerprint density at radius 3 is 2.73 bits per heavy atom. The van der Waals surface area contributed by atoms with E-state index < -0.39 is 0 Å². The van der Waals surface area contributed by atoms with E-state index in [0.717, 1.165) is 30.4 Å². The normalized spacial score (nSPS) is 15.6. The number of rotatable bonds is 7. The Labute approximate surface area is 182 Å². The molecule has 0 bridgehead atoms. The van der Waals surface area contributed by atoms with Crippen molar-refractivity contribution < 1.29 is 19.1 Å². The predicted octanol–water partition coefficient (Wildman–Crippen LogP) is 5.81. The molecular formula is C24H31NO4S. The quantitative estimate of drug-likeness (QED) is 0.564. The first kappa shape index (κ1) is 22.3. The summed E-state index contributed by atoms with van der Waals surface area (Å²) < 4.78 is 11.0. The maximum absolute atomic E-state index is 12.6.